The summed E-state index contributed by atoms with van der Waals surface area (Å²) in [7, 11) is 0. The minimum absolute atomic E-state index is 0.440. The first-order valence-electron chi connectivity index (χ1n) is 6.62. The van der Waals surface area contributed by atoms with Gasteiger partial charge in [-0.05, 0) is 55.0 Å². The van der Waals surface area contributed by atoms with Gasteiger partial charge in [0.2, 0.25) is 0 Å². The number of aromatic nitrogens is 1. The van der Waals surface area contributed by atoms with Crippen molar-refractivity contribution in [2.45, 2.75) is 25.7 Å². The van der Waals surface area contributed by atoms with Gasteiger partial charge in [-0.25, -0.2) is 4.98 Å². The number of nitrogens with zero attached hydrogens (tertiary/aromatic N) is 2. The van der Waals surface area contributed by atoms with Crippen LogP contribution in [0.4, 0.5) is 11.5 Å². The first kappa shape index (κ1) is 11.7. The molecule has 1 heterocycles. The Morgan fingerprint density at radius 3 is 2.79 bits per heavy atom. The SMILES string of the molecule is N#Cc1cccc(Nc2cccc3c2CCCC3)n1. The van der Waals surface area contributed by atoms with E-state index >= 15 is 0 Å². The summed E-state index contributed by atoms with van der Waals surface area (Å²) in [5.41, 5.74) is 4.40. The van der Waals surface area contributed by atoms with Gasteiger partial charge in [0.05, 0.1) is 0 Å². The molecule has 94 valence electrons. The fraction of sp³-hybridized carbons (Fsp3) is 0.250. The van der Waals surface area contributed by atoms with Crippen LogP contribution in [0.15, 0.2) is 36.4 Å². The van der Waals surface area contributed by atoms with Gasteiger partial charge in [-0.1, -0.05) is 18.2 Å². The molecule has 0 unspecified atom stereocenters. The molecule has 3 nitrogen and oxygen atoms in total. The molecule has 0 atom stereocenters. The second-order valence-electron chi connectivity index (χ2n) is 4.80. The maximum absolute atomic E-state index is 8.88. The first-order valence-corrected chi connectivity index (χ1v) is 6.62. The van der Waals surface area contributed by atoms with Crippen LogP contribution in [0.3, 0.4) is 0 Å². The molecule has 1 aliphatic carbocycles. The molecule has 0 fully saturated rings. The molecule has 0 bridgehead atoms. The van der Waals surface area contributed by atoms with E-state index in [1.165, 1.54) is 24.0 Å². The fourth-order valence-corrected chi connectivity index (χ4v) is 2.60. The molecule has 3 rings (SSSR count). The molecule has 1 aliphatic rings. The normalized spacial score (nSPS) is 13.4. The molecule has 0 saturated heterocycles. The maximum atomic E-state index is 8.88. The summed E-state index contributed by atoms with van der Waals surface area (Å²) in [4.78, 5) is 4.26. The second kappa shape index (κ2) is 5.11. The fourth-order valence-electron chi connectivity index (χ4n) is 2.60. The van der Waals surface area contributed by atoms with Crippen LogP contribution >= 0.6 is 0 Å². The van der Waals surface area contributed by atoms with Crippen LogP contribution in [-0.2, 0) is 12.8 Å². The third-order valence-electron chi connectivity index (χ3n) is 3.52. The molecule has 0 saturated carbocycles. The summed E-state index contributed by atoms with van der Waals surface area (Å²) in [5.74, 6) is 0.734. The number of nitrogens with one attached hydrogen (secondary N) is 1. The lowest BCUT2D eigenvalue weighted by Gasteiger charge is -2.19. The van der Waals surface area contributed by atoms with Crippen molar-refractivity contribution in [1.29, 1.82) is 5.26 Å². The molecule has 0 radical (unpaired) electrons. The van der Waals surface area contributed by atoms with Crippen LogP contribution in [0.25, 0.3) is 0 Å². The van der Waals surface area contributed by atoms with Gasteiger partial charge in [0.15, 0.2) is 0 Å². The Labute approximate surface area is 112 Å². The van der Waals surface area contributed by atoms with Crippen molar-refractivity contribution < 1.29 is 0 Å². The van der Waals surface area contributed by atoms with Crippen LogP contribution < -0.4 is 5.32 Å². The minimum Gasteiger partial charge on any atom is -0.340 e. The van der Waals surface area contributed by atoms with Crippen LogP contribution in [0.2, 0.25) is 0 Å². The van der Waals surface area contributed by atoms with Gasteiger partial charge < -0.3 is 5.32 Å². The van der Waals surface area contributed by atoms with Crippen molar-refractivity contribution in [2.24, 2.45) is 0 Å². The third-order valence-corrected chi connectivity index (χ3v) is 3.52. The van der Waals surface area contributed by atoms with Crippen LogP contribution in [0.1, 0.15) is 29.7 Å². The van der Waals surface area contributed by atoms with Crippen molar-refractivity contribution in [3.63, 3.8) is 0 Å². The molecule has 0 aliphatic heterocycles. The highest BCUT2D eigenvalue weighted by Gasteiger charge is 2.13. The maximum Gasteiger partial charge on any atom is 0.142 e. The Morgan fingerprint density at radius 2 is 1.89 bits per heavy atom. The van der Waals surface area contributed by atoms with Gasteiger partial charge in [-0.2, -0.15) is 5.26 Å². The van der Waals surface area contributed by atoms with E-state index in [-0.39, 0.29) is 0 Å². The minimum atomic E-state index is 0.440. The van der Waals surface area contributed by atoms with Crippen molar-refractivity contribution in [1.82, 2.24) is 4.98 Å². The lowest BCUT2D eigenvalue weighted by Crippen LogP contribution is -2.06. The summed E-state index contributed by atoms with van der Waals surface area (Å²) >= 11 is 0. The van der Waals surface area contributed by atoms with Gasteiger partial charge in [0, 0.05) is 5.69 Å². The zero-order chi connectivity index (χ0) is 13.1. The monoisotopic (exact) mass is 249 g/mol. The molecular weight excluding hydrogens is 234 g/mol. The third kappa shape index (κ3) is 2.43. The Kier molecular flexibility index (Phi) is 3.16. The number of hydrogen-bond donors (Lipinski definition) is 1. The number of nitriles is 1. The van der Waals surface area contributed by atoms with E-state index in [2.05, 4.69) is 34.6 Å². The molecule has 2 aromatic rings. The number of rotatable bonds is 2. The van der Waals surface area contributed by atoms with Gasteiger partial charge in [-0.3, -0.25) is 0 Å². The summed E-state index contributed by atoms with van der Waals surface area (Å²) in [5, 5.41) is 12.2. The van der Waals surface area contributed by atoms with Crippen LogP contribution in [0, 0.1) is 11.3 Å². The average Bonchev–Trinajstić information content (AvgIpc) is 2.48. The lowest BCUT2D eigenvalue weighted by molar-refractivity contribution is 0.687. The van der Waals surface area contributed by atoms with E-state index in [1.54, 1.807) is 6.07 Å². The number of hydrogen-bond acceptors (Lipinski definition) is 3. The highest BCUT2D eigenvalue weighted by Crippen LogP contribution is 2.29. The number of aryl methyl sites for hydroxylation is 1. The quantitative estimate of drug-likeness (QED) is 0.885. The Bertz CT molecular complexity index is 641. The Balaban J connectivity index is 1.93. The summed E-state index contributed by atoms with van der Waals surface area (Å²) in [6.07, 6.45) is 4.81. The topological polar surface area (TPSA) is 48.7 Å². The Morgan fingerprint density at radius 1 is 1.05 bits per heavy atom. The van der Waals surface area contributed by atoms with E-state index in [9.17, 15) is 0 Å². The highest BCUT2D eigenvalue weighted by atomic mass is 15.0. The number of anilines is 2. The molecule has 1 N–H and O–H groups in total. The van der Waals surface area contributed by atoms with Gasteiger partial charge >= 0.3 is 0 Å². The van der Waals surface area contributed by atoms with Gasteiger partial charge in [-0.15, -0.1) is 0 Å². The highest BCUT2D eigenvalue weighted by molar-refractivity contribution is 5.63. The molecule has 1 aromatic heterocycles. The zero-order valence-corrected chi connectivity index (χ0v) is 10.7. The second-order valence-corrected chi connectivity index (χ2v) is 4.80. The van der Waals surface area contributed by atoms with Crippen molar-refractivity contribution in [3.8, 4) is 6.07 Å². The number of fused-ring (bicyclic) bond motifs is 1. The zero-order valence-electron chi connectivity index (χ0n) is 10.7. The molecule has 3 heteroatoms. The average molecular weight is 249 g/mol. The van der Waals surface area contributed by atoms with E-state index in [4.69, 9.17) is 5.26 Å². The predicted molar refractivity (Wildman–Crippen MR) is 75.3 cm³/mol. The lowest BCUT2D eigenvalue weighted by atomic mass is 9.90. The van der Waals surface area contributed by atoms with E-state index in [0.29, 0.717) is 5.69 Å². The first-order chi connectivity index (χ1) is 9.36. The standard InChI is InChI=1S/C16H15N3/c17-11-13-7-4-10-16(18-13)19-15-9-3-6-12-5-1-2-8-14(12)15/h3-4,6-7,9-10H,1-2,5,8H2,(H,18,19). The van der Waals surface area contributed by atoms with Crippen molar-refractivity contribution in [2.75, 3.05) is 5.32 Å². The number of pyridine rings is 1. The molecular formula is C16H15N3. The van der Waals surface area contributed by atoms with E-state index < -0.39 is 0 Å². The van der Waals surface area contributed by atoms with Gasteiger partial charge in [0.1, 0.15) is 17.6 Å². The van der Waals surface area contributed by atoms with Crippen LogP contribution in [0.5, 0.6) is 0 Å². The van der Waals surface area contributed by atoms with Crippen LogP contribution in [-0.4, -0.2) is 4.98 Å². The van der Waals surface area contributed by atoms with Gasteiger partial charge in [0.25, 0.3) is 0 Å². The summed E-state index contributed by atoms with van der Waals surface area (Å²) in [6.45, 7) is 0. The molecule has 1 aromatic carbocycles. The summed E-state index contributed by atoms with van der Waals surface area (Å²) < 4.78 is 0. The molecule has 0 amide bonds. The number of benzene rings is 1. The molecule has 19 heavy (non-hydrogen) atoms. The predicted octanol–water partition coefficient (Wildman–Crippen LogP) is 3.58. The van der Waals surface area contributed by atoms with E-state index in [0.717, 1.165) is 24.3 Å². The molecule has 0 spiro atoms. The van der Waals surface area contributed by atoms with Crippen molar-refractivity contribution >= 4 is 11.5 Å². The van der Waals surface area contributed by atoms with Crippen molar-refractivity contribution in [3.05, 3.63) is 53.2 Å². The summed E-state index contributed by atoms with van der Waals surface area (Å²) in [6, 6.07) is 13.9. The van der Waals surface area contributed by atoms with E-state index in [1.807, 2.05) is 12.1 Å². The largest absolute Gasteiger partial charge is 0.340 e. The smallest absolute Gasteiger partial charge is 0.142 e. The Hall–Kier alpha value is -2.34.